The van der Waals surface area contributed by atoms with Crippen molar-refractivity contribution < 1.29 is 23.8 Å². The maximum atomic E-state index is 13.4. The van der Waals surface area contributed by atoms with E-state index in [1.807, 2.05) is 30.3 Å². The molecule has 44 heavy (non-hydrogen) atoms. The molecule has 2 aromatic carbocycles. The van der Waals surface area contributed by atoms with Crippen molar-refractivity contribution in [3.8, 4) is 22.6 Å². The highest BCUT2D eigenvalue weighted by atomic mass is 16.6. The highest BCUT2D eigenvalue weighted by Crippen LogP contribution is 2.52. The number of benzene rings is 2. The molecule has 10 heteroatoms. The number of allylic oxidation sites excluding steroid dienone is 1. The van der Waals surface area contributed by atoms with Gasteiger partial charge in [0.2, 0.25) is 6.10 Å². The molecular weight excluding hydrogens is 558 g/mol. The first-order chi connectivity index (χ1) is 21.3. The third-order valence-electron chi connectivity index (χ3n) is 8.98. The number of hydrazine groups is 1. The molecule has 0 bridgehead atoms. The van der Waals surface area contributed by atoms with Gasteiger partial charge in [-0.3, -0.25) is 0 Å². The summed E-state index contributed by atoms with van der Waals surface area (Å²) in [5.74, 6) is 6.04. The van der Waals surface area contributed by atoms with Gasteiger partial charge in [-0.05, 0) is 67.5 Å². The van der Waals surface area contributed by atoms with Gasteiger partial charge in [-0.15, -0.1) is 0 Å². The Morgan fingerprint density at radius 1 is 1.11 bits per heavy atom. The third kappa shape index (κ3) is 6.45. The number of nitrogens with zero attached hydrogens (tertiary/aromatic N) is 3. The Morgan fingerprint density at radius 3 is 2.59 bits per heavy atom. The van der Waals surface area contributed by atoms with E-state index in [1.54, 1.807) is 17.9 Å². The molecule has 10 nitrogen and oxygen atoms in total. The van der Waals surface area contributed by atoms with E-state index >= 15 is 0 Å². The molecular formula is C34H41N5O5. The Kier molecular flexibility index (Phi) is 8.61. The summed E-state index contributed by atoms with van der Waals surface area (Å²) in [5.41, 5.74) is 10.8. The summed E-state index contributed by atoms with van der Waals surface area (Å²) >= 11 is 0. The van der Waals surface area contributed by atoms with Gasteiger partial charge in [-0.1, -0.05) is 43.5 Å². The number of aromatic nitrogens is 2. The van der Waals surface area contributed by atoms with Crippen molar-refractivity contribution >= 4 is 11.9 Å². The molecule has 3 aromatic rings. The predicted octanol–water partition coefficient (Wildman–Crippen LogP) is 5.07. The first-order valence-electron chi connectivity index (χ1n) is 15.6. The number of nitrogens with two attached hydrogens (primary N) is 2. The van der Waals surface area contributed by atoms with Crippen LogP contribution in [0.25, 0.3) is 16.8 Å². The lowest BCUT2D eigenvalue weighted by atomic mass is 9.86. The minimum absolute atomic E-state index is 0.0115. The fourth-order valence-corrected chi connectivity index (χ4v) is 6.53. The second-order valence-electron chi connectivity index (χ2n) is 12.2. The molecule has 1 saturated heterocycles. The molecule has 0 amide bonds. The molecule has 1 aliphatic heterocycles. The van der Waals surface area contributed by atoms with Crippen molar-refractivity contribution in [3.63, 3.8) is 0 Å². The van der Waals surface area contributed by atoms with Crippen LogP contribution in [0.2, 0.25) is 0 Å². The number of ether oxygens (including phenoxy) is 3. The van der Waals surface area contributed by atoms with Crippen LogP contribution in [0.1, 0.15) is 73.8 Å². The van der Waals surface area contributed by atoms with Crippen LogP contribution in [0.15, 0.2) is 66.6 Å². The van der Waals surface area contributed by atoms with Crippen molar-refractivity contribution in [1.82, 2.24) is 14.8 Å². The van der Waals surface area contributed by atoms with Crippen LogP contribution in [0.5, 0.6) is 5.75 Å². The Bertz CT molecular complexity index is 1540. The van der Waals surface area contributed by atoms with Crippen LogP contribution >= 0.6 is 0 Å². The van der Waals surface area contributed by atoms with Gasteiger partial charge in [0.25, 0.3) is 0 Å². The van der Waals surface area contributed by atoms with E-state index in [-0.39, 0.29) is 24.5 Å². The van der Waals surface area contributed by atoms with Crippen LogP contribution in [0.3, 0.4) is 0 Å². The van der Waals surface area contributed by atoms with Crippen molar-refractivity contribution in [1.29, 1.82) is 0 Å². The van der Waals surface area contributed by atoms with E-state index in [0.717, 1.165) is 29.0 Å². The maximum absolute atomic E-state index is 13.4. The summed E-state index contributed by atoms with van der Waals surface area (Å²) in [7, 11) is 1.71. The van der Waals surface area contributed by atoms with Crippen LogP contribution < -0.4 is 16.3 Å². The Labute approximate surface area is 257 Å². The molecule has 0 spiro atoms. The average Bonchev–Trinajstić information content (AvgIpc) is 3.53. The van der Waals surface area contributed by atoms with Crippen LogP contribution in [0, 0.1) is 11.8 Å². The molecule has 3 fully saturated rings. The second-order valence-corrected chi connectivity index (χ2v) is 12.2. The number of carbonyl (C=O) groups is 2. The van der Waals surface area contributed by atoms with Gasteiger partial charge in [0.1, 0.15) is 11.3 Å². The minimum atomic E-state index is -0.914. The van der Waals surface area contributed by atoms with Gasteiger partial charge in [0.05, 0.1) is 30.3 Å². The van der Waals surface area contributed by atoms with E-state index in [4.69, 9.17) is 25.8 Å². The monoisotopic (exact) mass is 599 g/mol. The molecule has 2 aliphatic carbocycles. The van der Waals surface area contributed by atoms with Crippen LogP contribution in [0.4, 0.5) is 0 Å². The first kappa shape index (κ1) is 29.7. The summed E-state index contributed by atoms with van der Waals surface area (Å²) in [6, 6.07) is 16.2. The van der Waals surface area contributed by atoms with Gasteiger partial charge in [0.15, 0.2) is 0 Å². The highest BCUT2D eigenvalue weighted by molar-refractivity contribution is 5.93. The fraction of sp³-hybridized carbons (Fsp3) is 0.441. The lowest BCUT2D eigenvalue weighted by molar-refractivity contribution is -0.145. The number of carbonyl (C=O) groups excluding carboxylic acids is 2. The molecule has 232 valence electrons. The summed E-state index contributed by atoms with van der Waals surface area (Å²) in [4.78, 5) is 25.4. The number of esters is 2. The van der Waals surface area contributed by atoms with Crippen molar-refractivity contribution in [3.05, 3.63) is 77.9 Å². The van der Waals surface area contributed by atoms with E-state index in [1.165, 1.54) is 43.3 Å². The highest BCUT2D eigenvalue weighted by Gasteiger charge is 2.46. The summed E-state index contributed by atoms with van der Waals surface area (Å²) in [6.45, 7) is 2.42. The summed E-state index contributed by atoms with van der Waals surface area (Å²) < 4.78 is 18.7. The summed E-state index contributed by atoms with van der Waals surface area (Å²) in [6.07, 6.45) is 9.84. The first-order valence-corrected chi connectivity index (χ1v) is 15.6. The molecule has 4 N–H and O–H groups in total. The molecule has 1 aromatic heterocycles. The molecule has 4 atom stereocenters. The molecule has 6 rings (SSSR count). The second kappa shape index (κ2) is 12.7. The molecule has 0 radical (unpaired) electrons. The quantitative estimate of drug-likeness (QED) is 0.186. The largest absolute Gasteiger partial charge is 0.490 e. The van der Waals surface area contributed by atoms with Crippen molar-refractivity contribution in [2.75, 3.05) is 13.7 Å². The minimum Gasteiger partial charge on any atom is -0.490 e. The Morgan fingerprint density at radius 2 is 1.86 bits per heavy atom. The van der Waals surface area contributed by atoms with Crippen molar-refractivity contribution in [2.45, 2.75) is 70.0 Å². The SMILES string of the molecule is CC(Oc1cccc(-c2cccc(-n3ncc(C(=O)OC4CCOC4=O)c3[C@@H]3CC3/C(N)=C/N(C)N)c2)c1)C1CCCCC1. The number of hydrogen-bond donors (Lipinski definition) is 2. The van der Waals surface area contributed by atoms with E-state index in [0.29, 0.717) is 29.3 Å². The standard InChI is InChI=1S/C34H41N5O5/c1-21(22-8-4-3-5-9-22)43-26-13-7-11-24(17-26)23-10-6-12-25(16-23)39-32(28-18-27(28)30(35)20-38(2)36)29(19-37-39)33(40)44-31-14-15-42-34(31)41/h6-7,10-13,16-17,19-22,27-28,31H,3-5,8-9,14-15,18,35-36H2,1-2H3/b30-20-/t21?,27?,28-,31?/m1/s1. The number of rotatable bonds is 10. The topological polar surface area (TPSA) is 135 Å². The molecule has 2 heterocycles. The van der Waals surface area contributed by atoms with E-state index in [2.05, 4.69) is 30.2 Å². The molecule has 2 saturated carbocycles. The van der Waals surface area contributed by atoms with Gasteiger partial charge in [-0.25, -0.2) is 20.1 Å². The van der Waals surface area contributed by atoms with Gasteiger partial charge < -0.3 is 25.0 Å². The van der Waals surface area contributed by atoms with Crippen LogP contribution in [-0.4, -0.2) is 52.6 Å². The number of cyclic esters (lactones) is 1. The molecule has 3 aliphatic rings. The zero-order chi connectivity index (χ0) is 30.8. The smallest absolute Gasteiger partial charge is 0.347 e. The number of hydrogen-bond acceptors (Lipinski definition) is 9. The van der Waals surface area contributed by atoms with Gasteiger partial charge in [0, 0.05) is 37.2 Å². The van der Waals surface area contributed by atoms with E-state index in [9.17, 15) is 9.59 Å². The zero-order valence-electron chi connectivity index (χ0n) is 25.4. The normalized spacial score (nSPS) is 22.8. The predicted molar refractivity (Wildman–Crippen MR) is 166 cm³/mol. The maximum Gasteiger partial charge on any atom is 0.347 e. The lowest BCUT2D eigenvalue weighted by Crippen LogP contribution is -2.25. The molecule has 3 unspecified atom stereocenters. The summed E-state index contributed by atoms with van der Waals surface area (Å²) in [5, 5.41) is 6.06. The Balaban J connectivity index is 1.29. The fourth-order valence-electron chi connectivity index (χ4n) is 6.53. The lowest BCUT2D eigenvalue weighted by Gasteiger charge is -2.28. The van der Waals surface area contributed by atoms with Crippen LogP contribution in [-0.2, 0) is 14.3 Å². The Hall–Kier alpha value is -4.31. The van der Waals surface area contributed by atoms with Crippen molar-refractivity contribution in [2.24, 2.45) is 23.4 Å². The average molecular weight is 600 g/mol. The van der Waals surface area contributed by atoms with Gasteiger partial charge >= 0.3 is 11.9 Å². The zero-order valence-corrected chi connectivity index (χ0v) is 25.4. The van der Waals surface area contributed by atoms with E-state index < -0.39 is 18.0 Å². The van der Waals surface area contributed by atoms with Gasteiger partial charge in [-0.2, -0.15) is 5.10 Å². The third-order valence-corrected chi connectivity index (χ3v) is 8.98.